The first-order valence-corrected chi connectivity index (χ1v) is 10.2. The largest absolute Gasteiger partial charge is 0.229 e. The molecule has 0 saturated heterocycles. The molecule has 0 aromatic carbocycles. The van der Waals surface area contributed by atoms with Crippen LogP contribution in [0.1, 0.15) is 119 Å². The first kappa shape index (κ1) is 23.5. The molecule has 0 unspecified atom stereocenters. The molecule has 0 aliphatic rings. The third-order valence-corrected chi connectivity index (χ3v) is 4.37. The third kappa shape index (κ3) is 15.0. The monoisotopic (exact) mass is 338 g/mol. The lowest BCUT2D eigenvalue weighted by atomic mass is 10.1. The van der Waals surface area contributed by atoms with Gasteiger partial charge in [0.25, 0.3) is 0 Å². The van der Waals surface area contributed by atoms with Crippen molar-refractivity contribution in [2.45, 2.75) is 130 Å². The quantitative estimate of drug-likeness (QED) is 0.144. The molecule has 2 heteroatoms. The minimum atomic E-state index is -0.537. The van der Waals surface area contributed by atoms with Crippen molar-refractivity contribution in [1.29, 1.82) is 0 Å². The molecule has 0 aliphatic carbocycles. The van der Waals surface area contributed by atoms with Crippen molar-refractivity contribution in [2.24, 2.45) is 0 Å². The summed E-state index contributed by atoms with van der Waals surface area (Å²) in [5.41, 5.74) is -0.791. The van der Waals surface area contributed by atoms with Crippen molar-refractivity contribution >= 4 is 0 Å². The summed E-state index contributed by atoms with van der Waals surface area (Å²) in [6.45, 7) is 12.3. The van der Waals surface area contributed by atoms with Crippen LogP contribution in [-0.4, -0.2) is 11.2 Å². The smallest absolute Gasteiger partial charge is 0.158 e. The minimum Gasteiger partial charge on any atom is -0.229 e. The zero-order chi connectivity index (χ0) is 18.3. The molecule has 0 N–H and O–H groups in total. The predicted molar refractivity (Wildman–Crippen MR) is 105 cm³/mol. The number of unbranched alkanes of at least 4 members (excludes halogenated alkanes) is 10. The molecule has 0 spiro atoms. The maximum Gasteiger partial charge on any atom is 0.158 e. The highest BCUT2D eigenvalue weighted by Gasteiger charge is 2.23. The second-order valence-electron chi connectivity index (χ2n) is 8.02. The van der Waals surface area contributed by atoms with Gasteiger partial charge in [-0.25, -0.2) is 9.78 Å². The highest BCUT2D eigenvalue weighted by molar-refractivity contribution is 5.10. The maximum atomic E-state index is 5.51. The molecule has 0 fully saturated rings. The van der Waals surface area contributed by atoms with Gasteiger partial charge in [-0.3, -0.25) is 0 Å². The van der Waals surface area contributed by atoms with Crippen LogP contribution in [-0.2, 0) is 9.78 Å². The van der Waals surface area contributed by atoms with Crippen LogP contribution >= 0.6 is 0 Å². The lowest BCUT2D eigenvalue weighted by Gasteiger charge is -2.26. The Morgan fingerprint density at radius 2 is 1.17 bits per heavy atom. The summed E-state index contributed by atoms with van der Waals surface area (Å²) in [4.78, 5) is 11.0. The summed E-state index contributed by atoms with van der Waals surface area (Å²) < 4.78 is 0. The molecule has 0 aliphatic heterocycles. The van der Waals surface area contributed by atoms with E-state index in [1.807, 2.05) is 27.7 Å². The first-order chi connectivity index (χ1) is 11.3. The summed E-state index contributed by atoms with van der Waals surface area (Å²) in [6.07, 6.45) is 15.5. The van der Waals surface area contributed by atoms with Crippen LogP contribution < -0.4 is 0 Å². The van der Waals surface area contributed by atoms with Gasteiger partial charge in [-0.2, -0.15) is 0 Å². The summed E-state index contributed by atoms with van der Waals surface area (Å²) in [5, 5.41) is 0. The molecule has 0 bridgehead atoms. The van der Waals surface area contributed by atoms with Gasteiger partial charge in [0.15, 0.2) is 5.60 Å². The molecule has 0 rings (SSSR count). The van der Waals surface area contributed by atoms with E-state index >= 15 is 0 Å². The molecule has 0 saturated carbocycles. The van der Waals surface area contributed by atoms with E-state index in [9.17, 15) is 0 Å². The second kappa shape index (κ2) is 13.7. The number of hydrogen-bond acceptors (Lipinski definition) is 2. The van der Waals surface area contributed by atoms with Gasteiger partial charge >= 0.3 is 0 Å². The van der Waals surface area contributed by atoms with Crippen molar-refractivity contribution in [1.82, 2.24) is 0 Å². The number of rotatable bonds is 14. The van der Waals surface area contributed by atoms with Gasteiger partial charge in [0.2, 0.25) is 0 Å². The van der Waals surface area contributed by atoms with E-state index < -0.39 is 5.60 Å². The lowest BCUT2D eigenvalue weighted by molar-refractivity contribution is -0.388. The van der Waals surface area contributed by atoms with E-state index in [0.29, 0.717) is 0 Å². The van der Waals surface area contributed by atoms with Gasteiger partial charge in [-0.1, -0.05) is 77.6 Å². The lowest BCUT2D eigenvalue weighted by Crippen LogP contribution is -2.31. The minimum absolute atomic E-state index is 0.254. The zero-order valence-corrected chi connectivity index (χ0v) is 17.3. The fourth-order valence-corrected chi connectivity index (χ4v) is 2.27. The van der Waals surface area contributed by atoms with Crippen LogP contribution in [0.5, 0.6) is 0 Å². The highest BCUT2D eigenvalue weighted by Crippen LogP contribution is 2.19. The average molecular weight is 339 g/mol. The summed E-state index contributed by atoms with van der Waals surface area (Å²) in [6, 6.07) is 0. The van der Waals surface area contributed by atoms with Crippen LogP contribution in [0.3, 0.4) is 0 Å². The molecule has 0 atom stereocenters. The van der Waals surface area contributed by atoms with E-state index in [2.05, 4.69) is 25.7 Å². The van der Waals surface area contributed by atoms with Crippen molar-refractivity contribution in [3.05, 3.63) is 0 Å². The van der Waals surface area contributed by atoms with E-state index in [-0.39, 0.29) is 5.60 Å². The van der Waals surface area contributed by atoms with Crippen LogP contribution in [0.15, 0.2) is 0 Å². The second-order valence-corrected chi connectivity index (χ2v) is 8.02. The molecule has 2 nitrogen and oxygen atoms in total. The van der Waals surface area contributed by atoms with Gasteiger partial charge in [-0.05, 0) is 40.5 Å². The standard InChI is InChI=1S/C22H42O2/c1-7-9-10-11-12-13-14-15-16-17-18-19-20-22(5,6)24-23-21(3,4)8-2/h7-18H2,1-6H3. The Morgan fingerprint density at radius 1 is 0.667 bits per heavy atom. The molecular weight excluding hydrogens is 296 g/mol. The fraction of sp³-hybridized carbons (Fsp3) is 0.909. The zero-order valence-electron chi connectivity index (χ0n) is 17.3. The summed E-state index contributed by atoms with van der Waals surface area (Å²) in [7, 11) is 0. The SMILES string of the molecule is CCCCCCCCCCCCC#CC(C)(C)OOC(C)(C)CC. The molecule has 0 heterocycles. The average Bonchev–Trinajstić information content (AvgIpc) is 2.54. The Bertz CT molecular complexity index is 347. The topological polar surface area (TPSA) is 18.5 Å². The van der Waals surface area contributed by atoms with Crippen LogP contribution in [0.4, 0.5) is 0 Å². The van der Waals surface area contributed by atoms with Gasteiger partial charge in [0.05, 0.1) is 5.60 Å². The molecule has 0 aromatic rings. The van der Waals surface area contributed by atoms with E-state index in [0.717, 1.165) is 12.8 Å². The highest BCUT2D eigenvalue weighted by atomic mass is 17.2. The predicted octanol–water partition coefficient (Wildman–Crippen LogP) is 7.22. The Labute approximate surface area is 152 Å². The Balaban J connectivity index is 3.61. The van der Waals surface area contributed by atoms with Gasteiger partial charge in [-0.15, -0.1) is 5.92 Å². The van der Waals surface area contributed by atoms with Crippen LogP contribution in [0.25, 0.3) is 0 Å². The molecular formula is C22H42O2. The Hall–Kier alpha value is -0.520. The van der Waals surface area contributed by atoms with Gasteiger partial charge in [0.1, 0.15) is 0 Å². The van der Waals surface area contributed by atoms with Crippen molar-refractivity contribution in [3.63, 3.8) is 0 Å². The van der Waals surface area contributed by atoms with Crippen molar-refractivity contribution < 1.29 is 9.78 Å². The van der Waals surface area contributed by atoms with Crippen LogP contribution in [0, 0.1) is 11.8 Å². The van der Waals surface area contributed by atoms with Gasteiger partial charge < -0.3 is 0 Å². The van der Waals surface area contributed by atoms with Crippen LogP contribution in [0.2, 0.25) is 0 Å². The Morgan fingerprint density at radius 3 is 1.67 bits per heavy atom. The molecule has 0 amide bonds. The molecule has 0 aromatic heterocycles. The van der Waals surface area contributed by atoms with E-state index in [4.69, 9.17) is 9.78 Å². The first-order valence-electron chi connectivity index (χ1n) is 10.2. The van der Waals surface area contributed by atoms with E-state index in [1.54, 1.807) is 0 Å². The summed E-state index contributed by atoms with van der Waals surface area (Å²) in [5.74, 6) is 6.44. The fourth-order valence-electron chi connectivity index (χ4n) is 2.27. The third-order valence-electron chi connectivity index (χ3n) is 4.37. The maximum absolute atomic E-state index is 5.51. The van der Waals surface area contributed by atoms with Gasteiger partial charge in [0, 0.05) is 6.42 Å². The van der Waals surface area contributed by atoms with Crippen molar-refractivity contribution in [3.8, 4) is 11.8 Å². The molecule has 142 valence electrons. The number of hydrogen-bond donors (Lipinski definition) is 0. The summed E-state index contributed by atoms with van der Waals surface area (Å²) >= 11 is 0. The molecule has 24 heavy (non-hydrogen) atoms. The normalized spacial score (nSPS) is 12.1. The Kier molecular flexibility index (Phi) is 13.4. The van der Waals surface area contributed by atoms with Crippen molar-refractivity contribution in [2.75, 3.05) is 0 Å². The van der Waals surface area contributed by atoms with E-state index in [1.165, 1.54) is 64.2 Å². The molecule has 0 radical (unpaired) electrons.